The molecule has 3 fully saturated rings. The van der Waals surface area contributed by atoms with Crippen LogP contribution in [-0.4, -0.2) is 0 Å². The third kappa shape index (κ3) is 5.20. The largest absolute Gasteiger partial charge is 0.204 e. The first kappa shape index (κ1) is 21.2. The van der Waals surface area contributed by atoms with Gasteiger partial charge < -0.3 is 0 Å². The van der Waals surface area contributed by atoms with E-state index in [0.717, 1.165) is 42.4 Å². The molecule has 0 saturated heterocycles. The Balaban J connectivity index is 1.21. The van der Waals surface area contributed by atoms with E-state index in [4.69, 9.17) is 0 Å². The van der Waals surface area contributed by atoms with E-state index in [1.54, 1.807) is 0 Å². The monoisotopic (exact) mass is 406 g/mol. The Morgan fingerprint density at radius 3 is 1.45 bits per heavy atom. The molecule has 3 saturated carbocycles. The third-order valence-corrected chi connectivity index (χ3v) is 8.67. The standard InChI is InChI=1S/C26H37F3/c1-17-2-6-20(7-3-17)22-10-12-23(13-11-22)21-8-4-18(5-9-21)14-19-15-24(27)26(29)25(28)16-19/h15-18,20-23H,2-14H2,1H3. The van der Waals surface area contributed by atoms with Crippen molar-refractivity contribution in [2.75, 3.05) is 0 Å². The molecule has 0 atom stereocenters. The summed E-state index contributed by atoms with van der Waals surface area (Å²) in [7, 11) is 0. The normalized spacial score (nSPS) is 36.1. The van der Waals surface area contributed by atoms with Gasteiger partial charge in [0.2, 0.25) is 0 Å². The Labute approximate surface area is 174 Å². The molecule has 29 heavy (non-hydrogen) atoms. The van der Waals surface area contributed by atoms with Crippen LogP contribution in [0.5, 0.6) is 0 Å². The Morgan fingerprint density at radius 2 is 1.00 bits per heavy atom. The van der Waals surface area contributed by atoms with Gasteiger partial charge in [-0.25, -0.2) is 13.2 Å². The third-order valence-electron chi connectivity index (χ3n) is 8.67. The van der Waals surface area contributed by atoms with Gasteiger partial charge in [-0.1, -0.05) is 19.8 Å². The van der Waals surface area contributed by atoms with Crippen LogP contribution < -0.4 is 0 Å². The van der Waals surface area contributed by atoms with Crippen molar-refractivity contribution in [2.24, 2.45) is 35.5 Å². The predicted octanol–water partition coefficient (Wildman–Crippen LogP) is 8.09. The first-order valence-electron chi connectivity index (χ1n) is 12.1. The van der Waals surface area contributed by atoms with E-state index in [-0.39, 0.29) is 0 Å². The highest BCUT2D eigenvalue weighted by molar-refractivity contribution is 5.20. The fraction of sp³-hybridized carbons (Fsp3) is 0.769. The minimum atomic E-state index is -1.35. The number of halogens is 3. The zero-order valence-corrected chi connectivity index (χ0v) is 17.9. The maximum absolute atomic E-state index is 13.5. The van der Waals surface area contributed by atoms with E-state index in [1.165, 1.54) is 76.3 Å². The summed E-state index contributed by atoms with van der Waals surface area (Å²) >= 11 is 0. The molecule has 0 heterocycles. The molecule has 4 rings (SSSR count). The summed E-state index contributed by atoms with van der Waals surface area (Å²) in [6.07, 6.45) is 17.0. The van der Waals surface area contributed by atoms with Crippen molar-refractivity contribution in [2.45, 2.75) is 90.4 Å². The number of rotatable bonds is 4. The average molecular weight is 407 g/mol. The highest BCUT2D eigenvalue weighted by Gasteiger charge is 2.34. The van der Waals surface area contributed by atoms with Gasteiger partial charge in [-0.2, -0.15) is 0 Å². The minimum Gasteiger partial charge on any atom is -0.204 e. The summed E-state index contributed by atoms with van der Waals surface area (Å²) in [6.45, 7) is 2.41. The van der Waals surface area contributed by atoms with Crippen molar-refractivity contribution >= 4 is 0 Å². The lowest BCUT2D eigenvalue weighted by atomic mass is 9.65. The number of hydrogen-bond donors (Lipinski definition) is 0. The molecule has 0 N–H and O–H groups in total. The van der Waals surface area contributed by atoms with Gasteiger partial charge in [0.15, 0.2) is 17.5 Å². The van der Waals surface area contributed by atoms with Crippen LogP contribution in [0.1, 0.15) is 89.5 Å². The fourth-order valence-electron chi connectivity index (χ4n) is 6.77. The van der Waals surface area contributed by atoms with Gasteiger partial charge in [-0.3, -0.25) is 0 Å². The summed E-state index contributed by atoms with van der Waals surface area (Å²) in [5, 5.41) is 0. The van der Waals surface area contributed by atoms with Crippen molar-refractivity contribution in [3.63, 3.8) is 0 Å². The molecule has 162 valence electrons. The van der Waals surface area contributed by atoms with Crippen LogP contribution in [0, 0.1) is 53.0 Å². The van der Waals surface area contributed by atoms with Crippen LogP contribution in [0.4, 0.5) is 13.2 Å². The van der Waals surface area contributed by atoms with E-state index < -0.39 is 17.5 Å². The van der Waals surface area contributed by atoms with Crippen LogP contribution in [0.2, 0.25) is 0 Å². The Bertz CT molecular complexity index is 638. The van der Waals surface area contributed by atoms with Gasteiger partial charge in [0, 0.05) is 0 Å². The molecule has 1 aromatic carbocycles. The zero-order valence-electron chi connectivity index (χ0n) is 17.9. The lowest BCUT2D eigenvalue weighted by molar-refractivity contribution is 0.106. The van der Waals surface area contributed by atoms with Gasteiger partial charge in [-0.05, 0) is 124 Å². The minimum absolute atomic E-state index is 0.482. The summed E-state index contributed by atoms with van der Waals surface area (Å²) in [6, 6.07) is 2.36. The maximum atomic E-state index is 13.5. The SMILES string of the molecule is CC1CCC(C2CCC(C3CCC(Cc4cc(F)c(F)c(F)c4)CC3)CC2)CC1. The van der Waals surface area contributed by atoms with Crippen molar-refractivity contribution < 1.29 is 13.2 Å². The summed E-state index contributed by atoms with van der Waals surface area (Å²) in [4.78, 5) is 0. The molecular formula is C26H37F3. The summed E-state index contributed by atoms with van der Waals surface area (Å²) < 4.78 is 40.1. The van der Waals surface area contributed by atoms with Gasteiger partial charge in [-0.15, -0.1) is 0 Å². The summed E-state index contributed by atoms with van der Waals surface area (Å²) in [5.41, 5.74) is 0.604. The van der Waals surface area contributed by atoms with Crippen molar-refractivity contribution in [3.05, 3.63) is 35.1 Å². The molecule has 0 unspecified atom stereocenters. The van der Waals surface area contributed by atoms with E-state index in [9.17, 15) is 13.2 Å². The highest BCUT2D eigenvalue weighted by Crippen LogP contribution is 2.46. The molecule has 0 radical (unpaired) electrons. The average Bonchev–Trinajstić information content (AvgIpc) is 2.73. The number of hydrogen-bond acceptors (Lipinski definition) is 0. The molecule has 0 amide bonds. The van der Waals surface area contributed by atoms with Gasteiger partial charge >= 0.3 is 0 Å². The van der Waals surface area contributed by atoms with E-state index in [0.29, 0.717) is 17.9 Å². The van der Waals surface area contributed by atoms with Gasteiger partial charge in [0.1, 0.15) is 0 Å². The molecule has 0 aliphatic heterocycles. The van der Waals surface area contributed by atoms with Crippen molar-refractivity contribution in [3.8, 4) is 0 Å². The second kappa shape index (κ2) is 9.43. The Kier molecular flexibility index (Phi) is 6.91. The molecular weight excluding hydrogens is 369 g/mol. The van der Waals surface area contributed by atoms with Crippen LogP contribution in [0.15, 0.2) is 12.1 Å². The fourth-order valence-corrected chi connectivity index (χ4v) is 6.77. The van der Waals surface area contributed by atoms with Crippen LogP contribution in [0.3, 0.4) is 0 Å². The van der Waals surface area contributed by atoms with E-state index in [2.05, 4.69) is 6.92 Å². The van der Waals surface area contributed by atoms with Crippen molar-refractivity contribution in [1.29, 1.82) is 0 Å². The van der Waals surface area contributed by atoms with Crippen LogP contribution >= 0.6 is 0 Å². The molecule has 3 aliphatic carbocycles. The molecule has 1 aromatic rings. The second-order valence-corrected chi connectivity index (χ2v) is 10.6. The summed E-state index contributed by atoms with van der Waals surface area (Å²) in [5.74, 6) is 1.69. The predicted molar refractivity (Wildman–Crippen MR) is 112 cm³/mol. The van der Waals surface area contributed by atoms with Crippen molar-refractivity contribution in [1.82, 2.24) is 0 Å². The Morgan fingerprint density at radius 1 is 0.621 bits per heavy atom. The molecule has 0 bridgehead atoms. The van der Waals surface area contributed by atoms with E-state index in [1.807, 2.05) is 0 Å². The molecule has 3 aliphatic rings. The molecule has 0 spiro atoms. The van der Waals surface area contributed by atoms with Gasteiger partial charge in [0.05, 0.1) is 0 Å². The van der Waals surface area contributed by atoms with Crippen LogP contribution in [-0.2, 0) is 6.42 Å². The zero-order chi connectivity index (χ0) is 20.4. The lowest BCUT2D eigenvalue weighted by Crippen LogP contribution is -2.29. The van der Waals surface area contributed by atoms with Gasteiger partial charge in [0.25, 0.3) is 0 Å². The topological polar surface area (TPSA) is 0 Å². The van der Waals surface area contributed by atoms with E-state index >= 15 is 0 Å². The first-order chi connectivity index (χ1) is 14.0. The molecule has 0 nitrogen and oxygen atoms in total. The Hall–Kier alpha value is -0.990. The number of benzene rings is 1. The lowest BCUT2D eigenvalue weighted by Gasteiger charge is -2.41. The first-order valence-corrected chi connectivity index (χ1v) is 12.1. The molecule has 0 aromatic heterocycles. The second-order valence-electron chi connectivity index (χ2n) is 10.6. The van der Waals surface area contributed by atoms with Crippen LogP contribution in [0.25, 0.3) is 0 Å². The quantitative estimate of drug-likeness (QED) is 0.443. The molecule has 3 heteroatoms. The smallest absolute Gasteiger partial charge is 0.194 e. The maximum Gasteiger partial charge on any atom is 0.194 e. The highest BCUT2D eigenvalue weighted by atomic mass is 19.2.